The van der Waals surface area contributed by atoms with Crippen LogP contribution in [0.15, 0.2) is 22.7 Å². The predicted molar refractivity (Wildman–Crippen MR) is 59.3 cm³/mol. The van der Waals surface area contributed by atoms with Crippen LogP contribution < -0.4 is 5.32 Å². The highest BCUT2D eigenvalue weighted by molar-refractivity contribution is 9.10. The van der Waals surface area contributed by atoms with E-state index in [2.05, 4.69) is 21.2 Å². The molecule has 0 spiro atoms. The third-order valence-corrected chi connectivity index (χ3v) is 2.41. The van der Waals surface area contributed by atoms with Crippen molar-refractivity contribution in [3.8, 4) is 0 Å². The molecule has 0 saturated heterocycles. The molecule has 1 aromatic carbocycles. The van der Waals surface area contributed by atoms with E-state index in [0.29, 0.717) is 11.6 Å². The van der Waals surface area contributed by atoms with Gasteiger partial charge in [0.15, 0.2) is 0 Å². The Hall–Kier alpha value is -0.250. The number of aliphatic hydroxyl groups is 1. The molecular formula is C9H11BrClNO. The Balaban J connectivity index is 2.67. The van der Waals surface area contributed by atoms with Gasteiger partial charge in [-0.05, 0) is 41.1 Å². The lowest BCUT2D eigenvalue weighted by atomic mass is 10.3. The lowest BCUT2D eigenvalue weighted by Crippen LogP contribution is -2.15. The number of rotatable bonds is 3. The van der Waals surface area contributed by atoms with E-state index in [0.717, 1.165) is 10.2 Å². The van der Waals surface area contributed by atoms with Gasteiger partial charge in [-0.25, -0.2) is 0 Å². The van der Waals surface area contributed by atoms with Crippen LogP contribution in [-0.2, 0) is 0 Å². The van der Waals surface area contributed by atoms with Crippen molar-refractivity contribution >= 4 is 33.2 Å². The maximum absolute atomic E-state index is 9.06. The summed E-state index contributed by atoms with van der Waals surface area (Å²) in [6, 6.07) is 5.48. The Labute approximate surface area is 91.0 Å². The van der Waals surface area contributed by atoms with Crippen molar-refractivity contribution < 1.29 is 5.11 Å². The molecule has 72 valence electrons. The van der Waals surface area contributed by atoms with Crippen LogP contribution in [0.1, 0.15) is 6.92 Å². The quantitative estimate of drug-likeness (QED) is 0.880. The summed E-state index contributed by atoms with van der Waals surface area (Å²) in [6.45, 7) is 2.26. The zero-order valence-electron chi connectivity index (χ0n) is 7.22. The summed E-state index contributed by atoms with van der Waals surface area (Å²) in [6.07, 6.45) is -0.359. The van der Waals surface area contributed by atoms with Crippen molar-refractivity contribution in [2.24, 2.45) is 0 Å². The Morgan fingerprint density at radius 2 is 2.31 bits per heavy atom. The summed E-state index contributed by atoms with van der Waals surface area (Å²) in [5.41, 5.74) is 0.935. The van der Waals surface area contributed by atoms with Gasteiger partial charge in [-0.2, -0.15) is 0 Å². The number of anilines is 1. The zero-order valence-corrected chi connectivity index (χ0v) is 9.56. The smallest absolute Gasteiger partial charge is 0.0684 e. The third kappa shape index (κ3) is 3.55. The lowest BCUT2D eigenvalue weighted by Gasteiger charge is -2.10. The molecule has 0 radical (unpaired) electrons. The highest BCUT2D eigenvalue weighted by atomic mass is 79.9. The predicted octanol–water partition coefficient (Wildman–Crippen LogP) is 2.90. The van der Waals surface area contributed by atoms with Gasteiger partial charge in [-0.3, -0.25) is 0 Å². The lowest BCUT2D eigenvalue weighted by molar-refractivity contribution is 0.208. The van der Waals surface area contributed by atoms with Gasteiger partial charge < -0.3 is 10.4 Å². The second-order valence-electron chi connectivity index (χ2n) is 2.85. The van der Waals surface area contributed by atoms with Crippen LogP contribution in [0.5, 0.6) is 0 Å². The largest absolute Gasteiger partial charge is 0.392 e. The Bertz CT molecular complexity index is 291. The van der Waals surface area contributed by atoms with Crippen molar-refractivity contribution in [3.05, 3.63) is 27.7 Å². The maximum atomic E-state index is 9.06. The summed E-state index contributed by atoms with van der Waals surface area (Å²) < 4.78 is 0.903. The van der Waals surface area contributed by atoms with Crippen molar-refractivity contribution in [2.45, 2.75) is 13.0 Å². The molecule has 4 heteroatoms. The van der Waals surface area contributed by atoms with E-state index in [1.165, 1.54) is 0 Å². The molecule has 0 aromatic heterocycles. The van der Waals surface area contributed by atoms with Crippen LogP contribution in [0.25, 0.3) is 0 Å². The second kappa shape index (κ2) is 4.84. The number of nitrogens with one attached hydrogen (secondary N) is 1. The molecule has 1 atom stereocenters. The third-order valence-electron chi connectivity index (χ3n) is 1.52. The van der Waals surface area contributed by atoms with E-state index in [1.807, 2.05) is 12.1 Å². The first kappa shape index (κ1) is 10.8. The molecule has 0 aliphatic carbocycles. The minimum Gasteiger partial charge on any atom is -0.392 e. The van der Waals surface area contributed by atoms with E-state index in [4.69, 9.17) is 16.7 Å². The molecule has 0 aliphatic rings. The highest BCUT2D eigenvalue weighted by Gasteiger charge is 2.01. The molecule has 0 heterocycles. The molecule has 13 heavy (non-hydrogen) atoms. The van der Waals surface area contributed by atoms with E-state index in [9.17, 15) is 0 Å². The first-order valence-electron chi connectivity index (χ1n) is 3.96. The molecule has 0 bridgehead atoms. The van der Waals surface area contributed by atoms with E-state index in [1.54, 1.807) is 13.0 Å². The van der Waals surface area contributed by atoms with Crippen LogP contribution >= 0.6 is 27.5 Å². The molecular weight excluding hydrogens is 253 g/mol. The van der Waals surface area contributed by atoms with Crippen molar-refractivity contribution in [1.82, 2.24) is 0 Å². The van der Waals surface area contributed by atoms with Crippen molar-refractivity contribution in [2.75, 3.05) is 11.9 Å². The molecule has 0 aliphatic heterocycles. The van der Waals surface area contributed by atoms with Gasteiger partial charge in [-0.15, -0.1) is 0 Å². The fraction of sp³-hybridized carbons (Fsp3) is 0.333. The molecule has 1 rings (SSSR count). The highest BCUT2D eigenvalue weighted by Crippen LogP contribution is 2.25. The normalized spacial score (nSPS) is 12.6. The Kier molecular flexibility index (Phi) is 4.03. The summed E-state index contributed by atoms with van der Waals surface area (Å²) in [5.74, 6) is 0. The molecule has 0 fully saturated rings. The summed E-state index contributed by atoms with van der Waals surface area (Å²) >= 11 is 9.14. The zero-order chi connectivity index (χ0) is 9.84. The van der Waals surface area contributed by atoms with Gasteiger partial charge in [0, 0.05) is 21.7 Å². The van der Waals surface area contributed by atoms with Crippen molar-refractivity contribution in [1.29, 1.82) is 0 Å². The number of benzene rings is 1. The van der Waals surface area contributed by atoms with E-state index >= 15 is 0 Å². The van der Waals surface area contributed by atoms with Crippen LogP contribution in [0.2, 0.25) is 5.02 Å². The van der Waals surface area contributed by atoms with Crippen molar-refractivity contribution in [3.63, 3.8) is 0 Å². The van der Waals surface area contributed by atoms with Gasteiger partial charge >= 0.3 is 0 Å². The maximum Gasteiger partial charge on any atom is 0.0684 e. The molecule has 2 N–H and O–H groups in total. The van der Waals surface area contributed by atoms with Gasteiger partial charge in [-0.1, -0.05) is 11.6 Å². The average molecular weight is 265 g/mol. The molecule has 0 unspecified atom stereocenters. The van der Waals surface area contributed by atoms with Gasteiger partial charge in [0.1, 0.15) is 0 Å². The van der Waals surface area contributed by atoms with Crippen LogP contribution in [0.4, 0.5) is 5.69 Å². The molecule has 0 amide bonds. The van der Waals surface area contributed by atoms with Gasteiger partial charge in [0.05, 0.1) is 6.10 Å². The first-order valence-corrected chi connectivity index (χ1v) is 5.13. The van der Waals surface area contributed by atoms with E-state index in [-0.39, 0.29) is 6.10 Å². The molecule has 0 saturated carbocycles. The standard InChI is InChI=1S/C9H11BrClNO/c1-6(13)5-12-9-3-2-7(11)4-8(9)10/h2-4,6,12-13H,5H2,1H3/t6-/m1/s1. The Morgan fingerprint density at radius 3 is 2.85 bits per heavy atom. The van der Waals surface area contributed by atoms with E-state index < -0.39 is 0 Å². The molecule has 1 aromatic rings. The van der Waals surface area contributed by atoms with Gasteiger partial charge in [0.25, 0.3) is 0 Å². The monoisotopic (exact) mass is 263 g/mol. The number of halogens is 2. The number of aliphatic hydroxyl groups excluding tert-OH is 1. The topological polar surface area (TPSA) is 32.3 Å². The van der Waals surface area contributed by atoms with Gasteiger partial charge in [0.2, 0.25) is 0 Å². The first-order chi connectivity index (χ1) is 6.09. The number of hydrogen-bond donors (Lipinski definition) is 2. The van der Waals surface area contributed by atoms with Crippen LogP contribution in [0, 0.1) is 0 Å². The Morgan fingerprint density at radius 1 is 1.62 bits per heavy atom. The average Bonchev–Trinajstić information content (AvgIpc) is 2.02. The molecule has 2 nitrogen and oxygen atoms in total. The van der Waals surface area contributed by atoms with Crippen LogP contribution in [-0.4, -0.2) is 17.8 Å². The fourth-order valence-corrected chi connectivity index (χ4v) is 1.71. The summed E-state index contributed by atoms with van der Waals surface area (Å²) in [7, 11) is 0. The minimum absolute atomic E-state index is 0.359. The number of hydrogen-bond acceptors (Lipinski definition) is 2. The summed E-state index contributed by atoms with van der Waals surface area (Å²) in [4.78, 5) is 0. The van der Waals surface area contributed by atoms with Crippen LogP contribution in [0.3, 0.4) is 0 Å². The summed E-state index contributed by atoms with van der Waals surface area (Å²) in [5, 5.41) is 12.8. The SMILES string of the molecule is C[C@@H](O)CNc1ccc(Cl)cc1Br. The minimum atomic E-state index is -0.359. The second-order valence-corrected chi connectivity index (χ2v) is 4.14. The fourth-order valence-electron chi connectivity index (χ4n) is 0.891.